The van der Waals surface area contributed by atoms with Gasteiger partial charge in [0.1, 0.15) is 0 Å². The summed E-state index contributed by atoms with van der Waals surface area (Å²) >= 11 is 0. The van der Waals surface area contributed by atoms with Crippen LogP contribution in [0.1, 0.15) is 42.5 Å². The summed E-state index contributed by atoms with van der Waals surface area (Å²) in [6.45, 7) is 0.411. The Kier molecular flexibility index (Phi) is 6.39. The van der Waals surface area contributed by atoms with Crippen molar-refractivity contribution in [2.45, 2.75) is 38.1 Å². The lowest BCUT2D eigenvalue weighted by molar-refractivity contribution is 0.0915. The van der Waals surface area contributed by atoms with E-state index in [1.54, 1.807) is 18.2 Å². The minimum atomic E-state index is -0.734. The molecule has 5 N–H and O–H groups in total. The minimum Gasteiger partial charge on any atom is -0.348 e. The van der Waals surface area contributed by atoms with Crippen LogP contribution in [-0.4, -0.2) is 28.5 Å². The molecule has 0 saturated heterocycles. The number of hydrogen-bond acceptors (Lipinski definition) is 4. The molecule has 1 heterocycles. The highest BCUT2D eigenvalue weighted by Gasteiger charge is 2.24. The number of H-pyrrole nitrogens is 2. The maximum absolute atomic E-state index is 12.5. The van der Waals surface area contributed by atoms with Crippen LogP contribution in [0.4, 0.5) is 0 Å². The van der Waals surface area contributed by atoms with E-state index in [4.69, 9.17) is 5.73 Å². The lowest BCUT2D eigenvalue weighted by Crippen LogP contribution is -2.45. The molecule has 136 valence electrons. The Bertz CT molecular complexity index is 855. The minimum absolute atomic E-state index is 0. The average molecular weight is 367 g/mol. The number of aromatic amines is 2. The summed E-state index contributed by atoms with van der Waals surface area (Å²) in [6, 6.07) is 4.76. The predicted octanol–water partition coefficient (Wildman–Crippen LogP) is 1.28. The van der Waals surface area contributed by atoms with E-state index in [0.29, 0.717) is 29.1 Å². The Morgan fingerprint density at radius 3 is 2.40 bits per heavy atom. The van der Waals surface area contributed by atoms with Crippen LogP contribution in [0, 0.1) is 5.92 Å². The van der Waals surface area contributed by atoms with E-state index in [-0.39, 0.29) is 24.4 Å². The molecule has 1 atom stereocenters. The zero-order valence-electron chi connectivity index (χ0n) is 13.8. The molecular formula is C17H23ClN4O3. The number of amides is 1. The largest absolute Gasteiger partial charge is 0.348 e. The molecule has 1 aromatic heterocycles. The number of nitrogens with two attached hydrogens (primary N) is 1. The molecule has 0 radical (unpaired) electrons. The van der Waals surface area contributed by atoms with Gasteiger partial charge in [0.2, 0.25) is 0 Å². The molecule has 0 spiro atoms. The first-order valence-electron chi connectivity index (χ1n) is 8.36. The van der Waals surface area contributed by atoms with E-state index in [1.807, 2.05) is 0 Å². The van der Waals surface area contributed by atoms with Crippen molar-refractivity contribution in [3.63, 3.8) is 0 Å². The van der Waals surface area contributed by atoms with Crippen molar-refractivity contribution in [1.29, 1.82) is 0 Å². The van der Waals surface area contributed by atoms with Crippen LogP contribution in [-0.2, 0) is 0 Å². The van der Waals surface area contributed by atoms with Crippen LogP contribution < -0.4 is 22.2 Å². The number of aromatic nitrogens is 2. The van der Waals surface area contributed by atoms with E-state index >= 15 is 0 Å². The summed E-state index contributed by atoms with van der Waals surface area (Å²) in [7, 11) is 0. The molecule has 2 aromatic rings. The van der Waals surface area contributed by atoms with Gasteiger partial charge in [-0.3, -0.25) is 14.4 Å². The maximum atomic E-state index is 12.5. The van der Waals surface area contributed by atoms with Crippen molar-refractivity contribution < 1.29 is 4.79 Å². The van der Waals surface area contributed by atoms with Crippen LogP contribution in [0.3, 0.4) is 0 Å². The molecule has 1 unspecified atom stereocenters. The number of benzene rings is 1. The van der Waals surface area contributed by atoms with Crippen LogP contribution in [0.2, 0.25) is 0 Å². The summed E-state index contributed by atoms with van der Waals surface area (Å²) in [5.41, 5.74) is 5.75. The number of hydrogen-bond donors (Lipinski definition) is 4. The fraction of sp³-hybridized carbons (Fsp3) is 0.471. The molecule has 0 aliphatic heterocycles. The summed E-state index contributed by atoms with van der Waals surface area (Å²) in [5, 5.41) is 3.02. The number of carbonyl (C=O) groups excluding carboxylic acids is 1. The van der Waals surface area contributed by atoms with Gasteiger partial charge in [0.05, 0.1) is 11.0 Å². The molecule has 1 aromatic carbocycles. The lowest BCUT2D eigenvalue weighted by atomic mass is 9.84. The van der Waals surface area contributed by atoms with Gasteiger partial charge >= 0.3 is 11.1 Å². The molecule has 7 nitrogen and oxygen atoms in total. The van der Waals surface area contributed by atoms with E-state index in [9.17, 15) is 14.4 Å². The third-order valence-electron chi connectivity index (χ3n) is 4.77. The van der Waals surface area contributed by atoms with Crippen molar-refractivity contribution in [3.05, 3.63) is 44.5 Å². The second-order valence-electron chi connectivity index (χ2n) is 6.38. The monoisotopic (exact) mass is 366 g/mol. The third-order valence-corrected chi connectivity index (χ3v) is 4.77. The molecule has 8 heteroatoms. The lowest BCUT2D eigenvalue weighted by Gasteiger charge is -2.30. The van der Waals surface area contributed by atoms with Gasteiger partial charge in [-0.15, -0.1) is 12.4 Å². The van der Waals surface area contributed by atoms with Gasteiger partial charge in [0.25, 0.3) is 5.91 Å². The van der Waals surface area contributed by atoms with Crippen molar-refractivity contribution in [1.82, 2.24) is 15.3 Å². The summed E-state index contributed by atoms with van der Waals surface area (Å²) < 4.78 is 0. The zero-order valence-corrected chi connectivity index (χ0v) is 14.7. The number of halogens is 1. The second kappa shape index (κ2) is 8.31. The van der Waals surface area contributed by atoms with Crippen LogP contribution >= 0.6 is 12.4 Å². The van der Waals surface area contributed by atoms with E-state index in [0.717, 1.165) is 12.8 Å². The Labute approximate surface area is 150 Å². The van der Waals surface area contributed by atoms with Gasteiger partial charge in [-0.25, -0.2) is 0 Å². The Morgan fingerprint density at radius 1 is 1.12 bits per heavy atom. The number of nitrogens with one attached hydrogen (secondary N) is 3. The highest BCUT2D eigenvalue weighted by molar-refractivity contribution is 5.97. The van der Waals surface area contributed by atoms with E-state index < -0.39 is 11.1 Å². The molecule has 0 bridgehead atoms. The van der Waals surface area contributed by atoms with Gasteiger partial charge in [-0.2, -0.15) is 0 Å². The molecule has 1 saturated carbocycles. The van der Waals surface area contributed by atoms with E-state index in [2.05, 4.69) is 15.3 Å². The van der Waals surface area contributed by atoms with Gasteiger partial charge in [0.15, 0.2) is 0 Å². The molecule has 25 heavy (non-hydrogen) atoms. The van der Waals surface area contributed by atoms with Crippen molar-refractivity contribution in [2.75, 3.05) is 6.54 Å². The summed E-state index contributed by atoms with van der Waals surface area (Å²) in [4.78, 5) is 40.2. The zero-order chi connectivity index (χ0) is 17.1. The smallest absolute Gasteiger partial charge is 0.314 e. The second-order valence-corrected chi connectivity index (χ2v) is 6.38. The molecule has 1 fully saturated rings. The molecular weight excluding hydrogens is 344 g/mol. The fourth-order valence-corrected chi connectivity index (χ4v) is 3.41. The SMILES string of the molecule is Cl.NCC(NC(=O)c1ccc2[nH]c(=O)c(=O)[nH]c2c1)C1CCCCC1. The van der Waals surface area contributed by atoms with Crippen molar-refractivity contribution >= 4 is 29.3 Å². The highest BCUT2D eigenvalue weighted by Crippen LogP contribution is 2.26. The van der Waals surface area contributed by atoms with Gasteiger partial charge in [-0.1, -0.05) is 19.3 Å². The molecule has 1 aliphatic rings. The van der Waals surface area contributed by atoms with Crippen molar-refractivity contribution in [2.24, 2.45) is 11.7 Å². The van der Waals surface area contributed by atoms with E-state index in [1.165, 1.54) is 19.3 Å². The molecule has 1 aliphatic carbocycles. The summed E-state index contributed by atoms with van der Waals surface area (Å²) in [5.74, 6) is 0.203. The average Bonchev–Trinajstić information content (AvgIpc) is 2.60. The van der Waals surface area contributed by atoms with Crippen LogP contribution in [0.15, 0.2) is 27.8 Å². The first-order valence-corrected chi connectivity index (χ1v) is 8.36. The number of rotatable bonds is 4. The quantitative estimate of drug-likeness (QED) is 0.609. The molecule has 1 amide bonds. The highest BCUT2D eigenvalue weighted by atomic mass is 35.5. The van der Waals surface area contributed by atoms with Crippen molar-refractivity contribution in [3.8, 4) is 0 Å². The number of carbonyl (C=O) groups is 1. The molecule has 3 rings (SSSR count). The maximum Gasteiger partial charge on any atom is 0.314 e. The predicted molar refractivity (Wildman–Crippen MR) is 99.3 cm³/mol. The fourth-order valence-electron chi connectivity index (χ4n) is 3.41. The van der Waals surface area contributed by atoms with Crippen LogP contribution in [0.5, 0.6) is 0 Å². The van der Waals surface area contributed by atoms with Gasteiger partial charge in [0, 0.05) is 18.2 Å². The van der Waals surface area contributed by atoms with Gasteiger partial charge < -0.3 is 21.0 Å². The standard InChI is InChI=1S/C17H22N4O3.ClH/c18-9-14(10-4-2-1-3-5-10)21-15(22)11-6-7-12-13(8-11)20-17(24)16(23)19-12;/h6-8,10,14H,1-5,9,18H2,(H,19,23)(H,20,24)(H,21,22);1H. The van der Waals surface area contributed by atoms with Gasteiger partial charge in [-0.05, 0) is 37.0 Å². The third kappa shape index (κ3) is 4.29. The van der Waals surface area contributed by atoms with Crippen LogP contribution in [0.25, 0.3) is 11.0 Å². The first-order chi connectivity index (χ1) is 11.6. The first kappa shape index (κ1) is 19.2. The summed E-state index contributed by atoms with van der Waals surface area (Å²) in [6.07, 6.45) is 5.80. The Balaban J connectivity index is 0.00000225. The normalized spacial score (nSPS) is 16.2. The Hall–Kier alpha value is -2.12. The number of fused-ring (bicyclic) bond motifs is 1. The Morgan fingerprint density at radius 2 is 1.76 bits per heavy atom. The topological polar surface area (TPSA) is 121 Å².